The van der Waals surface area contributed by atoms with Crippen molar-refractivity contribution in [3.05, 3.63) is 36.7 Å². The number of hydrogen-bond donors (Lipinski definition) is 1. The first-order chi connectivity index (χ1) is 11.1. The number of sulfonamides is 1. The molecule has 0 amide bonds. The van der Waals surface area contributed by atoms with Crippen LogP contribution in [0.5, 0.6) is 0 Å². The molecule has 0 saturated carbocycles. The molecule has 3 rings (SSSR count). The summed E-state index contributed by atoms with van der Waals surface area (Å²) >= 11 is 0. The minimum atomic E-state index is -3.57. The van der Waals surface area contributed by atoms with E-state index < -0.39 is 10.0 Å². The van der Waals surface area contributed by atoms with E-state index in [4.69, 9.17) is 4.74 Å². The molecular formula is C16H23Cl2N3O3S. The summed E-state index contributed by atoms with van der Waals surface area (Å²) in [7, 11) is -3.57. The molecule has 1 fully saturated rings. The van der Waals surface area contributed by atoms with Gasteiger partial charge in [-0.1, -0.05) is 6.07 Å². The Morgan fingerprint density at radius 2 is 2.00 bits per heavy atom. The molecule has 140 valence electrons. The molecule has 1 aliphatic heterocycles. The highest BCUT2D eigenvalue weighted by atomic mass is 35.5. The Kier molecular flexibility index (Phi) is 8.53. The van der Waals surface area contributed by atoms with E-state index in [1.54, 1.807) is 30.6 Å². The molecule has 0 spiro atoms. The highest BCUT2D eigenvalue weighted by molar-refractivity contribution is 7.89. The van der Waals surface area contributed by atoms with Gasteiger partial charge in [-0.25, -0.2) is 8.42 Å². The molecule has 2 aromatic rings. The summed E-state index contributed by atoms with van der Waals surface area (Å²) in [6.45, 7) is 4.63. The van der Waals surface area contributed by atoms with Crippen LogP contribution in [-0.2, 0) is 14.8 Å². The Balaban J connectivity index is 0.00000156. The number of fused-ring (bicyclic) bond motifs is 1. The third-order valence-corrected chi connectivity index (χ3v) is 6.04. The zero-order valence-corrected chi connectivity index (χ0v) is 16.4. The van der Waals surface area contributed by atoms with Gasteiger partial charge >= 0.3 is 0 Å². The third-order valence-electron chi connectivity index (χ3n) is 4.03. The molecule has 1 saturated heterocycles. The number of nitrogens with zero attached hydrogens (tertiary/aromatic N) is 2. The van der Waals surface area contributed by atoms with Crippen molar-refractivity contribution in [3.63, 3.8) is 0 Å². The van der Waals surface area contributed by atoms with Gasteiger partial charge in [0.25, 0.3) is 0 Å². The van der Waals surface area contributed by atoms with E-state index >= 15 is 0 Å². The van der Waals surface area contributed by atoms with Gasteiger partial charge in [0.05, 0.1) is 18.1 Å². The van der Waals surface area contributed by atoms with E-state index in [9.17, 15) is 8.42 Å². The number of halogens is 2. The second-order valence-corrected chi connectivity index (χ2v) is 7.56. The second-order valence-electron chi connectivity index (χ2n) is 5.67. The molecule has 0 aliphatic carbocycles. The van der Waals surface area contributed by atoms with Crippen molar-refractivity contribution in [2.24, 2.45) is 0 Å². The molecular weight excluding hydrogens is 385 g/mol. The van der Waals surface area contributed by atoms with Crippen LogP contribution < -0.4 is 5.32 Å². The van der Waals surface area contributed by atoms with E-state index in [1.165, 1.54) is 4.31 Å². The molecule has 9 heteroatoms. The highest BCUT2D eigenvalue weighted by Crippen LogP contribution is 2.22. The topological polar surface area (TPSA) is 71.5 Å². The maximum atomic E-state index is 13.0. The number of aromatic nitrogens is 1. The number of hydrogen-bond acceptors (Lipinski definition) is 5. The van der Waals surface area contributed by atoms with E-state index in [1.807, 2.05) is 13.0 Å². The van der Waals surface area contributed by atoms with Crippen LogP contribution in [0.4, 0.5) is 0 Å². The van der Waals surface area contributed by atoms with E-state index in [0.29, 0.717) is 31.2 Å². The number of pyridine rings is 1. The summed E-state index contributed by atoms with van der Waals surface area (Å²) in [4.78, 5) is 4.36. The summed E-state index contributed by atoms with van der Waals surface area (Å²) in [5.74, 6) is 0. The van der Waals surface area contributed by atoms with Crippen molar-refractivity contribution in [3.8, 4) is 0 Å². The smallest absolute Gasteiger partial charge is 0.243 e. The lowest BCUT2D eigenvalue weighted by molar-refractivity contribution is 0.129. The number of benzene rings is 1. The Labute approximate surface area is 160 Å². The van der Waals surface area contributed by atoms with Gasteiger partial charge < -0.3 is 10.1 Å². The van der Waals surface area contributed by atoms with E-state index in [-0.39, 0.29) is 30.9 Å². The van der Waals surface area contributed by atoms with Crippen LogP contribution in [0.2, 0.25) is 0 Å². The molecule has 1 atom stereocenters. The lowest BCUT2D eigenvalue weighted by Gasteiger charge is -2.27. The molecule has 1 aliphatic rings. The van der Waals surface area contributed by atoms with Crippen LogP contribution in [0, 0.1) is 0 Å². The highest BCUT2D eigenvalue weighted by Gasteiger charge is 2.29. The summed E-state index contributed by atoms with van der Waals surface area (Å²) in [5, 5.41) is 5.01. The minimum absolute atomic E-state index is 0. The zero-order chi connectivity index (χ0) is 16.3. The van der Waals surface area contributed by atoms with Gasteiger partial charge in [0.1, 0.15) is 0 Å². The maximum absolute atomic E-state index is 13.0. The SMILES string of the molecule is CC1CNCCOCCN1S(=O)(=O)c1ccc2cnccc2c1.Cl.Cl. The molecule has 1 aromatic heterocycles. The predicted octanol–water partition coefficient (Wildman–Crippen LogP) is 2.08. The molecule has 0 bridgehead atoms. The third kappa shape index (κ3) is 5.03. The Morgan fingerprint density at radius 3 is 2.80 bits per heavy atom. The Bertz CT molecular complexity index is 789. The van der Waals surface area contributed by atoms with Crippen LogP contribution >= 0.6 is 24.8 Å². The van der Waals surface area contributed by atoms with Crippen molar-refractivity contribution in [1.29, 1.82) is 0 Å². The van der Waals surface area contributed by atoms with Crippen molar-refractivity contribution in [2.45, 2.75) is 17.9 Å². The molecule has 0 radical (unpaired) electrons. The molecule has 25 heavy (non-hydrogen) atoms. The summed E-state index contributed by atoms with van der Waals surface area (Å²) in [6, 6.07) is 6.84. The van der Waals surface area contributed by atoms with Gasteiger partial charge in [0, 0.05) is 43.5 Å². The lowest BCUT2D eigenvalue weighted by Crippen LogP contribution is -2.44. The van der Waals surface area contributed by atoms with Gasteiger partial charge in [0.15, 0.2) is 0 Å². The maximum Gasteiger partial charge on any atom is 0.243 e. The first kappa shape index (κ1) is 22.1. The fraction of sp³-hybridized carbons (Fsp3) is 0.438. The average Bonchev–Trinajstić information content (AvgIpc) is 2.66. The Morgan fingerprint density at radius 1 is 1.20 bits per heavy atom. The number of ether oxygens (including phenoxy) is 1. The van der Waals surface area contributed by atoms with Crippen LogP contribution in [-0.4, -0.2) is 56.6 Å². The van der Waals surface area contributed by atoms with E-state index in [2.05, 4.69) is 10.3 Å². The minimum Gasteiger partial charge on any atom is -0.379 e. The van der Waals surface area contributed by atoms with Crippen LogP contribution in [0.15, 0.2) is 41.6 Å². The van der Waals surface area contributed by atoms with Crippen molar-refractivity contribution in [1.82, 2.24) is 14.6 Å². The lowest BCUT2D eigenvalue weighted by atomic mass is 10.2. The molecule has 1 aromatic carbocycles. The quantitative estimate of drug-likeness (QED) is 0.824. The van der Waals surface area contributed by atoms with Crippen molar-refractivity contribution < 1.29 is 13.2 Å². The Hall–Kier alpha value is -0.960. The van der Waals surface area contributed by atoms with Crippen LogP contribution in [0.1, 0.15) is 6.92 Å². The summed E-state index contributed by atoms with van der Waals surface area (Å²) in [5.41, 5.74) is 0. The second kappa shape index (κ2) is 9.66. The van der Waals surface area contributed by atoms with Crippen molar-refractivity contribution >= 4 is 45.6 Å². The van der Waals surface area contributed by atoms with Gasteiger partial charge in [0.2, 0.25) is 10.0 Å². The molecule has 1 unspecified atom stereocenters. The van der Waals surface area contributed by atoms with Crippen LogP contribution in [0.25, 0.3) is 10.8 Å². The largest absolute Gasteiger partial charge is 0.379 e. The first-order valence-corrected chi connectivity index (χ1v) is 9.17. The molecule has 1 N–H and O–H groups in total. The van der Waals surface area contributed by atoms with Gasteiger partial charge in [-0.05, 0) is 30.5 Å². The number of rotatable bonds is 2. The normalized spacial score (nSPS) is 19.8. The zero-order valence-electron chi connectivity index (χ0n) is 13.9. The molecule has 2 heterocycles. The predicted molar refractivity (Wildman–Crippen MR) is 103 cm³/mol. The summed E-state index contributed by atoms with van der Waals surface area (Å²) < 4.78 is 33.1. The van der Waals surface area contributed by atoms with Gasteiger partial charge in [-0.15, -0.1) is 24.8 Å². The monoisotopic (exact) mass is 407 g/mol. The first-order valence-electron chi connectivity index (χ1n) is 7.73. The van der Waals surface area contributed by atoms with Crippen molar-refractivity contribution in [2.75, 3.05) is 32.8 Å². The van der Waals surface area contributed by atoms with Gasteiger partial charge in [-0.2, -0.15) is 4.31 Å². The standard InChI is InChI=1S/C16H21N3O3S.2ClH/c1-13-11-18-6-8-22-9-7-19(13)23(20,21)16-3-2-15-12-17-5-4-14(15)10-16;;/h2-5,10,12-13,18H,6-9,11H2,1H3;2*1H. The average molecular weight is 408 g/mol. The molecule has 6 nitrogen and oxygen atoms in total. The summed E-state index contributed by atoms with van der Waals surface area (Å²) in [6.07, 6.45) is 3.39. The fourth-order valence-electron chi connectivity index (χ4n) is 2.75. The fourth-order valence-corrected chi connectivity index (χ4v) is 4.40. The van der Waals surface area contributed by atoms with Crippen LogP contribution in [0.3, 0.4) is 0 Å². The van der Waals surface area contributed by atoms with Gasteiger partial charge in [-0.3, -0.25) is 4.98 Å². The number of nitrogens with one attached hydrogen (secondary N) is 1. The van der Waals surface area contributed by atoms with E-state index in [0.717, 1.165) is 17.3 Å².